The van der Waals surface area contributed by atoms with E-state index in [1.165, 1.54) is 7.11 Å². The van der Waals surface area contributed by atoms with Gasteiger partial charge < -0.3 is 10.1 Å². The van der Waals surface area contributed by atoms with E-state index in [4.69, 9.17) is 0 Å². The maximum atomic E-state index is 11.8. The number of esters is 1. The molecule has 0 spiro atoms. The highest BCUT2D eigenvalue weighted by molar-refractivity contribution is 5.79. The first-order valence-corrected chi connectivity index (χ1v) is 6.49. The monoisotopic (exact) mass is 267 g/mol. The SMILES string of the molecule is COC(=O)CCCCCNC(=O)C(C)n1cccn1. The Morgan fingerprint density at radius 2 is 2.16 bits per heavy atom. The van der Waals surface area contributed by atoms with Crippen LogP contribution in [0.25, 0.3) is 0 Å². The lowest BCUT2D eigenvalue weighted by atomic mass is 10.2. The summed E-state index contributed by atoms with van der Waals surface area (Å²) in [6.45, 7) is 2.42. The second-order valence-corrected chi connectivity index (χ2v) is 4.34. The third-order valence-electron chi connectivity index (χ3n) is 2.89. The molecule has 1 unspecified atom stereocenters. The van der Waals surface area contributed by atoms with Crippen molar-refractivity contribution in [3.63, 3.8) is 0 Å². The minimum absolute atomic E-state index is 0.0448. The third kappa shape index (κ3) is 5.54. The lowest BCUT2D eigenvalue weighted by Gasteiger charge is -2.12. The molecule has 19 heavy (non-hydrogen) atoms. The van der Waals surface area contributed by atoms with Gasteiger partial charge in [0.25, 0.3) is 0 Å². The molecule has 0 aliphatic rings. The number of hydrogen-bond acceptors (Lipinski definition) is 4. The van der Waals surface area contributed by atoms with Crippen LogP contribution in [-0.2, 0) is 14.3 Å². The van der Waals surface area contributed by atoms with Crippen LogP contribution in [0.5, 0.6) is 0 Å². The van der Waals surface area contributed by atoms with Gasteiger partial charge in [-0.3, -0.25) is 14.3 Å². The summed E-state index contributed by atoms with van der Waals surface area (Å²) in [5.74, 6) is -0.229. The van der Waals surface area contributed by atoms with Crippen molar-refractivity contribution in [3.05, 3.63) is 18.5 Å². The Hall–Kier alpha value is -1.85. The number of rotatable bonds is 8. The largest absolute Gasteiger partial charge is 0.469 e. The maximum absolute atomic E-state index is 11.8. The fourth-order valence-electron chi connectivity index (χ4n) is 1.66. The molecule has 1 N–H and O–H groups in total. The summed E-state index contributed by atoms with van der Waals surface area (Å²) in [6.07, 6.45) is 6.39. The second kappa shape index (κ2) is 8.29. The number of amides is 1. The van der Waals surface area contributed by atoms with Crippen molar-refractivity contribution >= 4 is 11.9 Å². The smallest absolute Gasteiger partial charge is 0.305 e. The Morgan fingerprint density at radius 3 is 2.79 bits per heavy atom. The van der Waals surface area contributed by atoms with E-state index < -0.39 is 0 Å². The number of methoxy groups -OCH3 is 1. The fourth-order valence-corrected chi connectivity index (χ4v) is 1.66. The van der Waals surface area contributed by atoms with Gasteiger partial charge >= 0.3 is 5.97 Å². The molecule has 0 aromatic carbocycles. The minimum atomic E-state index is -0.301. The predicted octanol–water partition coefficient (Wildman–Crippen LogP) is 1.29. The summed E-state index contributed by atoms with van der Waals surface area (Å²) < 4.78 is 6.17. The van der Waals surface area contributed by atoms with E-state index in [0.29, 0.717) is 13.0 Å². The molecule has 0 bridgehead atoms. The summed E-state index contributed by atoms with van der Waals surface area (Å²) in [6, 6.07) is 1.49. The molecule has 6 nitrogen and oxygen atoms in total. The zero-order valence-corrected chi connectivity index (χ0v) is 11.5. The highest BCUT2D eigenvalue weighted by atomic mass is 16.5. The van der Waals surface area contributed by atoms with Gasteiger partial charge in [0, 0.05) is 25.4 Å². The molecule has 0 aliphatic heterocycles. The molecule has 0 saturated carbocycles. The van der Waals surface area contributed by atoms with E-state index >= 15 is 0 Å². The Morgan fingerprint density at radius 1 is 1.37 bits per heavy atom. The van der Waals surface area contributed by atoms with E-state index in [1.54, 1.807) is 30.1 Å². The van der Waals surface area contributed by atoms with E-state index in [1.807, 2.05) is 0 Å². The van der Waals surface area contributed by atoms with E-state index in [0.717, 1.165) is 19.3 Å². The molecule has 6 heteroatoms. The topological polar surface area (TPSA) is 73.2 Å². The maximum Gasteiger partial charge on any atom is 0.305 e. The zero-order chi connectivity index (χ0) is 14.1. The molecule has 1 atom stereocenters. The van der Waals surface area contributed by atoms with Gasteiger partial charge in [0.05, 0.1) is 7.11 Å². The Labute approximate surface area is 113 Å². The summed E-state index contributed by atoms with van der Waals surface area (Å²) in [5, 5.41) is 6.89. The number of nitrogens with one attached hydrogen (secondary N) is 1. The van der Waals surface area contributed by atoms with Crippen LogP contribution in [0.15, 0.2) is 18.5 Å². The molecule has 0 aliphatic carbocycles. The fraction of sp³-hybridized carbons (Fsp3) is 0.615. The van der Waals surface area contributed by atoms with Crippen LogP contribution in [-0.4, -0.2) is 35.3 Å². The summed E-state index contributed by atoms with van der Waals surface area (Å²) >= 11 is 0. The molecular formula is C13H21N3O3. The third-order valence-corrected chi connectivity index (χ3v) is 2.89. The van der Waals surface area contributed by atoms with Gasteiger partial charge in [0.2, 0.25) is 5.91 Å². The second-order valence-electron chi connectivity index (χ2n) is 4.34. The average molecular weight is 267 g/mol. The molecule has 0 radical (unpaired) electrons. The van der Waals surface area contributed by atoms with E-state index in [9.17, 15) is 9.59 Å². The highest BCUT2D eigenvalue weighted by Crippen LogP contribution is 2.04. The van der Waals surface area contributed by atoms with Crippen molar-refractivity contribution in [2.24, 2.45) is 0 Å². The van der Waals surface area contributed by atoms with Gasteiger partial charge in [-0.2, -0.15) is 5.10 Å². The van der Waals surface area contributed by atoms with Crippen molar-refractivity contribution in [2.45, 2.75) is 38.6 Å². The lowest BCUT2D eigenvalue weighted by molar-refractivity contribution is -0.140. The van der Waals surface area contributed by atoms with Crippen molar-refractivity contribution in [3.8, 4) is 0 Å². The number of unbranched alkanes of at least 4 members (excludes halogenated alkanes) is 2. The normalized spacial score (nSPS) is 11.9. The molecule has 1 aromatic rings. The van der Waals surface area contributed by atoms with Gasteiger partial charge in [0.1, 0.15) is 6.04 Å². The van der Waals surface area contributed by atoms with Gasteiger partial charge in [-0.1, -0.05) is 6.42 Å². The van der Waals surface area contributed by atoms with Crippen LogP contribution >= 0.6 is 0 Å². The molecule has 0 fully saturated rings. The van der Waals surface area contributed by atoms with Crippen LogP contribution in [0.1, 0.15) is 38.6 Å². The van der Waals surface area contributed by atoms with E-state index in [-0.39, 0.29) is 17.9 Å². The Bertz CT molecular complexity index is 390. The van der Waals surface area contributed by atoms with Crippen LogP contribution in [0, 0.1) is 0 Å². The predicted molar refractivity (Wildman–Crippen MR) is 70.4 cm³/mol. The quantitative estimate of drug-likeness (QED) is 0.569. The average Bonchev–Trinajstić information content (AvgIpc) is 2.95. The highest BCUT2D eigenvalue weighted by Gasteiger charge is 2.13. The van der Waals surface area contributed by atoms with Gasteiger partial charge in [-0.05, 0) is 25.8 Å². The Kier molecular flexibility index (Phi) is 6.63. The van der Waals surface area contributed by atoms with Crippen LogP contribution in [0.4, 0.5) is 0 Å². The van der Waals surface area contributed by atoms with Gasteiger partial charge in [-0.25, -0.2) is 0 Å². The molecule has 0 saturated heterocycles. The number of carbonyl (C=O) groups excluding carboxylic acids is 2. The van der Waals surface area contributed by atoms with Gasteiger partial charge in [-0.15, -0.1) is 0 Å². The van der Waals surface area contributed by atoms with Crippen molar-refractivity contribution in [1.82, 2.24) is 15.1 Å². The molecule has 106 valence electrons. The molecule has 1 heterocycles. The lowest BCUT2D eigenvalue weighted by Crippen LogP contribution is -2.31. The molecule has 1 amide bonds. The molecule has 1 aromatic heterocycles. The molecular weight excluding hydrogens is 246 g/mol. The number of ether oxygens (including phenoxy) is 1. The summed E-state index contributed by atoms with van der Waals surface area (Å²) in [7, 11) is 1.39. The zero-order valence-electron chi connectivity index (χ0n) is 11.5. The molecule has 1 rings (SSSR count). The standard InChI is InChI=1S/C13H21N3O3/c1-11(16-10-6-9-15-16)13(18)14-8-5-3-4-7-12(17)19-2/h6,9-11H,3-5,7-8H2,1-2H3,(H,14,18). The summed E-state index contributed by atoms with van der Waals surface area (Å²) in [4.78, 5) is 22.7. The van der Waals surface area contributed by atoms with Crippen molar-refractivity contribution in [1.29, 1.82) is 0 Å². The summed E-state index contributed by atoms with van der Waals surface area (Å²) in [5.41, 5.74) is 0. The number of carbonyl (C=O) groups is 2. The number of aromatic nitrogens is 2. The van der Waals surface area contributed by atoms with Crippen LogP contribution < -0.4 is 5.32 Å². The van der Waals surface area contributed by atoms with Crippen LogP contribution in [0.2, 0.25) is 0 Å². The van der Waals surface area contributed by atoms with E-state index in [2.05, 4.69) is 15.2 Å². The first-order chi connectivity index (χ1) is 9.15. The first-order valence-electron chi connectivity index (χ1n) is 6.49. The van der Waals surface area contributed by atoms with Crippen LogP contribution in [0.3, 0.4) is 0 Å². The van der Waals surface area contributed by atoms with Crippen molar-refractivity contribution in [2.75, 3.05) is 13.7 Å². The minimum Gasteiger partial charge on any atom is -0.469 e. The number of nitrogens with zero attached hydrogens (tertiary/aromatic N) is 2. The van der Waals surface area contributed by atoms with Gasteiger partial charge in [0.15, 0.2) is 0 Å². The van der Waals surface area contributed by atoms with Crippen molar-refractivity contribution < 1.29 is 14.3 Å². The number of hydrogen-bond donors (Lipinski definition) is 1. The first kappa shape index (κ1) is 15.2. The Balaban J connectivity index is 2.09.